The number of halogens is 1. The molecular formula is C21H17ClN4S2. The van der Waals surface area contributed by atoms with Crippen LogP contribution in [0.1, 0.15) is 11.1 Å². The number of thiazole rings is 1. The minimum Gasteiger partial charge on any atom is -0.315 e. The summed E-state index contributed by atoms with van der Waals surface area (Å²) in [6, 6.07) is 12.3. The summed E-state index contributed by atoms with van der Waals surface area (Å²) in [5.41, 5.74) is 4.52. The normalized spacial score (nSPS) is 10.8. The molecule has 28 heavy (non-hydrogen) atoms. The van der Waals surface area contributed by atoms with Crippen LogP contribution in [-0.4, -0.2) is 15.0 Å². The van der Waals surface area contributed by atoms with Gasteiger partial charge in [0.1, 0.15) is 0 Å². The molecule has 7 heteroatoms. The Labute approximate surface area is 177 Å². The van der Waals surface area contributed by atoms with Crippen LogP contribution in [0.4, 0.5) is 10.9 Å². The molecule has 0 spiro atoms. The van der Waals surface area contributed by atoms with Gasteiger partial charge in [-0.15, -0.1) is 11.3 Å². The van der Waals surface area contributed by atoms with Crippen molar-refractivity contribution in [1.82, 2.24) is 15.0 Å². The Bertz CT molecular complexity index is 1070. The molecule has 0 aliphatic rings. The first kappa shape index (κ1) is 18.9. The lowest BCUT2D eigenvalue weighted by Gasteiger charge is -2.12. The zero-order valence-corrected chi connectivity index (χ0v) is 17.7. The molecule has 2 aromatic heterocycles. The van der Waals surface area contributed by atoms with Crippen LogP contribution in [-0.2, 0) is 0 Å². The van der Waals surface area contributed by atoms with Crippen molar-refractivity contribution in [2.75, 3.05) is 5.32 Å². The number of hydrogen-bond donors (Lipinski definition) is 1. The number of rotatable bonds is 5. The fraction of sp³-hybridized carbons (Fsp3) is 0.0952. The van der Waals surface area contributed by atoms with Gasteiger partial charge in [0, 0.05) is 38.2 Å². The van der Waals surface area contributed by atoms with Crippen LogP contribution in [0.25, 0.3) is 11.3 Å². The molecule has 140 valence electrons. The molecule has 0 fully saturated rings. The van der Waals surface area contributed by atoms with E-state index in [4.69, 9.17) is 16.6 Å². The topological polar surface area (TPSA) is 50.7 Å². The zero-order valence-electron chi connectivity index (χ0n) is 15.3. The lowest BCUT2D eigenvalue weighted by molar-refractivity contribution is 1.19. The number of anilines is 2. The van der Waals surface area contributed by atoms with Crippen LogP contribution in [0.2, 0.25) is 5.02 Å². The van der Waals surface area contributed by atoms with Crippen LogP contribution in [0.3, 0.4) is 0 Å². The van der Waals surface area contributed by atoms with E-state index in [1.807, 2.05) is 24.3 Å². The summed E-state index contributed by atoms with van der Waals surface area (Å²) in [6.07, 6.45) is 4.98. The molecule has 0 saturated carbocycles. The first-order chi connectivity index (χ1) is 13.6. The molecule has 1 N–H and O–H groups in total. The fourth-order valence-electron chi connectivity index (χ4n) is 2.82. The second-order valence-corrected chi connectivity index (χ2v) is 8.63. The Balaban J connectivity index is 1.57. The van der Waals surface area contributed by atoms with E-state index < -0.39 is 0 Å². The third kappa shape index (κ3) is 4.35. The zero-order chi connectivity index (χ0) is 19.5. The van der Waals surface area contributed by atoms with Gasteiger partial charge in [-0.05, 0) is 61.4 Å². The van der Waals surface area contributed by atoms with Gasteiger partial charge in [0.15, 0.2) is 10.9 Å². The second-order valence-electron chi connectivity index (χ2n) is 6.25. The summed E-state index contributed by atoms with van der Waals surface area (Å²) < 4.78 is 0. The Kier molecular flexibility index (Phi) is 5.62. The number of aryl methyl sites for hydroxylation is 2. The van der Waals surface area contributed by atoms with Crippen molar-refractivity contribution in [2.45, 2.75) is 23.6 Å². The number of benzene rings is 2. The molecule has 2 heterocycles. The molecule has 0 amide bonds. The van der Waals surface area contributed by atoms with Crippen molar-refractivity contribution in [3.63, 3.8) is 0 Å². The molecule has 0 saturated heterocycles. The monoisotopic (exact) mass is 424 g/mol. The summed E-state index contributed by atoms with van der Waals surface area (Å²) in [5, 5.41) is 6.79. The van der Waals surface area contributed by atoms with E-state index in [1.54, 1.807) is 41.7 Å². The van der Waals surface area contributed by atoms with E-state index in [2.05, 4.69) is 46.6 Å². The molecule has 0 aliphatic carbocycles. The molecule has 4 nitrogen and oxygen atoms in total. The smallest absolute Gasteiger partial charge is 0.188 e. The van der Waals surface area contributed by atoms with Gasteiger partial charge >= 0.3 is 0 Å². The molecule has 0 atom stereocenters. The van der Waals surface area contributed by atoms with Gasteiger partial charge in [0.2, 0.25) is 0 Å². The first-order valence-corrected chi connectivity index (χ1v) is 10.7. The number of hydrogen-bond acceptors (Lipinski definition) is 6. The van der Waals surface area contributed by atoms with E-state index in [9.17, 15) is 0 Å². The van der Waals surface area contributed by atoms with Crippen LogP contribution >= 0.6 is 34.7 Å². The SMILES string of the molecule is Cc1cc(-c2csc(Nc3cnccn3)n2)cc(C)c1Sc1ccc(Cl)cc1. The highest BCUT2D eigenvalue weighted by atomic mass is 35.5. The molecule has 0 radical (unpaired) electrons. The molecule has 4 rings (SSSR count). The highest BCUT2D eigenvalue weighted by Gasteiger charge is 2.11. The number of aromatic nitrogens is 3. The van der Waals surface area contributed by atoms with Gasteiger partial charge in [-0.2, -0.15) is 0 Å². The Morgan fingerprint density at radius 2 is 1.79 bits per heavy atom. The van der Waals surface area contributed by atoms with Crippen LogP contribution < -0.4 is 5.32 Å². The molecule has 0 unspecified atom stereocenters. The van der Waals surface area contributed by atoms with Crippen molar-refractivity contribution in [3.8, 4) is 11.3 Å². The van der Waals surface area contributed by atoms with Crippen molar-refractivity contribution >= 4 is 45.6 Å². The molecule has 4 aromatic rings. The van der Waals surface area contributed by atoms with Gasteiger partial charge in [-0.3, -0.25) is 4.98 Å². The predicted octanol–water partition coefficient (Wildman–Crippen LogP) is 6.77. The number of nitrogens with zero attached hydrogens (tertiary/aromatic N) is 3. The van der Waals surface area contributed by atoms with E-state index in [1.165, 1.54) is 20.9 Å². The van der Waals surface area contributed by atoms with Crippen LogP contribution in [0.5, 0.6) is 0 Å². The summed E-state index contributed by atoms with van der Waals surface area (Å²) in [6.45, 7) is 4.28. The summed E-state index contributed by atoms with van der Waals surface area (Å²) >= 11 is 9.30. The van der Waals surface area contributed by atoms with Gasteiger partial charge in [-0.25, -0.2) is 9.97 Å². The predicted molar refractivity (Wildman–Crippen MR) is 118 cm³/mol. The first-order valence-electron chi connectivity index (χ1n) is 8.62. The lowest BCUT2D eigenvalue weighted by atomic mass is 10.1. The summed E-state index contributed by atoms with van der Waals surface area (Å²) in [7, 11) is 0. The minimum absolute atomic E-state index is 0.686. The summed E-state index contributed by atoms with van der Waals surface area (Å²) in [5.74, 6) is 0.686. The lowest BCUT2D eigenvalue weighted by Crippen LogP contribution is -1.93. The van der Waals surface area contributed by atoms with Crippen LogP contribution in [0.15, 0.2) is 70.2 Å². The minimum atomic E-state index is 0.686. The fourth-order valence-corrected chi connectivity index (χ4v) is 4.62. The molecule has 0 aliphatic heterocycles. The van der Waals surface area contributed by atoms with Gasteiger partial charge < -0.3 is 5.32 Å². The molecule has 2 aromatic carbocycles. The quantitative estimate of drug-likeness (QED) is 0.383. The van der Waals surface area contributed by atoms with Crippen molar-refractivity contribution < 1.29 is 0 Å². The maximum atomic E-state index is 5.99. The van der Waals surface area contributed by atoms with Crippen LogP contribution in [0, 0.1) is 13.8 Å². The van der Waals surface area contributed by atoms with Crippen molar-refractivity contribution in [3.05, 3.63) is 76.5 Å². The Hall–Kier alpha value is -2.41. The third-order valence-corrected chi connectivity index (χ3v) is 6.46. The standard InChI is InChI=1S/C21H17ClN4S2/c1-13-9-15(10-14(2)20(13)28-17-5-3-16(22)4-6-17)18-12-27-21(25-18)26-19-11-23-7-8-24-19/h3-12H,1-2H3,(H,24,25,26). The van der Waals surface area contributed by atoms with E-state index in [0.717, 1.165) is 21.4 Å². The maximum Gasteiger partial charge on any atom is 0.188 e. The maximum absolute atomic E-state index is 5.99. The van der Waals surface area contributed by atoms with Gasteiger partial charge in [0.05, 0.1) is 11.9 Å². The van der Waals surface area contributed by atoms with Gasteiger partial charge in [-0.1, -0.05) is 23.4 Å². The molecular weight excluding hydrogens is 408 g/mol. The van der Waals surface area contributed by atoms with Crippen molar-refractivity contribution in [1.29, 1.82) is 0 Å². The highest BCUT2D eigenvalue weighted by Crippen LogP contribution is 2.37. The third-order valence-electron chi connectivity index (χ3n) is 4.09. The largest absolute Gasteiger partial charge is 0.315 e. The Morgan fingerprint density at radius 3 is 2.46 bits per heavy atom. The van der Waals surface area contributed by atoms with E-state index in [-0.39, 0.29) is 0 Å². The average molecular weight is 425 g/mol. The highest BCUT2D eigenvalue weighted by molar-refractivity contribution is 7.99. The van der Waals surface area contributed by atoms with Crippen molar-refractivity contribution in [2.24, 2.45) is 0 Å². The second kappa shape index (κ2) is 8.31. The van der Waals surface area contributed by atoms with E-state index >= 15 is 0 Å². The van der Waals surface area contributed by atoms with E-state index in [0.29, 0.717) is 5.82 Å². The molecule has 0 bridgehead atoms. The average Bonchev–Trinajstić information content (AvgIpc) is 3.15. The number of nitrogens with one attached hydrogen (secondary N) is 1. The summed E-state index contributed by atoms with van der Waals surface area (Å²) in [4.78, 5) is 15.4. The Morgan fingerprint density at radius 1 is 1.04 bits per heavy atom. The van der Waals surface area contributed by atoms with Gasteiger partial charge in [0.25, 0.3) is 0 Å².